The minimum atomic E-state index is -0.339. The highest BCUT2D eigenvalue weighted by Crippen LogP contribution is 2.51. The number of amides is 4. The fourth-order valence-electron chi connectivity index (χ4n) is 10.3. The molecular weight excluding hydrogens is 797 g/mol. The number of piperazine rings is 1. The summed E-state index contributed by atoms with van der Waals surface area (Å²) in [4.78, 5) is 70.2. The molecular formula is C48H54N10O5. The number of imide groups is 1. The smallest absolute Gasteiger partial charge is 0.260 e. The number of likely N-dealkylation sites (tertiary alicyclic amines) is 1. The molecule has 3 N–H and O–H groups in total. The van der Waals surface area contributed by atoms with Crippen LogP contribution in [0.3, 0.4) is 0 Å². The highest BCUT2D eigenvalue weighted by molar-refractivity contribution is 6.01. The van der Waals surface area contributed by atoms with E-state index in [-0.39, 0.29) is 48.2 Å². The maximum atomic E-state index is 13.1. The Hall–Kier alpha value is -6.35. The first kappa shape index (κ1) is 40.7. The fourth-order valence-corrected chi connectivity index (χ4v) is 10.3. The Balaban J connectivity index is 0.640. The molecule has 0 bridgehead atoms. The zero-order valence-electron chi connectivity index (χ0n) is 35.5. The Morgan fingerprint density at radius 1 is 0.825 bits per heavy atom. The van der Waals surface area contributed by atoms with Crippen molar-refractivity contribution in [3.63, 3.8) is 0 Å². The molecule has 5 heterocycles. The molecule has 1 atom stereocenters. The lowest BCUT2D eigenvalue weighted by Crippen LogP contribution is -2.59. The molecule has 3 saturated heterocycles. The van der Waals surface area contributed by atoms with Gasteiger partial charge < -0.3 is 29.7 Å². The predicted molar refractivity (Wildman–Crippen MR) is 238 cm³/mol. The van der Waals surface area contributed by atoms with Gasteiger partial charge in [-0.15, -0.1) is 0 Å². The first-order valence-electron chi connectivity index (χ1n) is 22.5. The predicted octanol–water partition coefficient (Wildman–Crippen LogP) is 5.12. The van der Waals surface area contributed by atoms with Crippen molar-refractivity contribution in [2.45, 2.75) is 81.8 Å². The van der Waals surface area contributed by atoms with Crippen LogP contribution in [0, 0.1) is 5.41 Å². The van der Waals surface area contributed by atoms with Crippen molar-refractivity contribution in [3.8, 4) is 5.75 Å². The molecule has 0 radical (unpaired) electrons. The lowest BCUT2D eigenvalue weighted by Gasteiger charge is -2.56. The van der Waals surface area contributed by atoms with Crippen molar-refractivity contribution < 1.29 is 23.9 Å². The maximum absolute atomic E-state index is 13.1. The number of imidazole rings is 1. The molecule has 2 aromatic heterocycles. The van der Waals surface area contributed by atoms with Crippen molar-refractivity contribution >= 4 is 52.0 Å². The summed E-state index contributed by atoms with van der Waals surface area (Å²) in [7, 11) is 0. The number of nitrogens with zero attached hydrogens (tertiary/aromatic N) is 7. The number of piperidine rings is 2. The molecule has 5 fully saturated rings. The summed E-state index contributed by atoms with van der Waals surface area (Å²) in [6, 6.07) is 26.6. The Morgan fingerprint density at radius 2 is 1.57 bits per heavy atom. The third-order valence-corrected chi connectivity index (χ3v) is 14.2. The molecule has 15 nitrogen and oxygen atoms in total. The number of nitrogens with one attached hydrogen (secondary N) is 3. The summed E-state index contributed by atoms with van der Waals surface area (Å²) in [6.07, 6.45) is 10.8. The lowest BCUT2D eigenvalue weighted by molar-refractivity contribution is -0.138. The van der Waals surface area contributed by atoms with E-state index in [9.17, 15) is 19.2 Å². The van der Waals surface area contributed by atoms with Crippen LogP contribution < -0.4 is 25.6 Å². The third-order valence-electron chi connectivity index (χ3n) is 14.2. The van der Waals surface area contributed by atoms with Crippen molar-refractivity contribution in [1.82, 2.24) is 40.0 Å². The highest BCUT2D eigenvalue weighted by Gasteiger charge is 2.48. The van der Waals surface area contributed by atoms with Gasteiger partial charge in [0.2, 0.25) is 17.7 Å². The average molecular weight is 851 g/mol. The van der Waals surface area contributed by atoms with E-state index in [0.29, 0.717) is 42.3 Å². The van der Waals surface area contributed by atoms with E-state index in [1.165, 1.54) is 18.5 Å². The van der Waals surface area contributed by atoms with Gasteiger partial charge in [-0.3, -0.25) is 29.4 Å². The van der Waals surface area contributed by atoms with Gasteiger partial charge in [0.1, 0.15) is 12.1 Å². The summed E-state index contributed by atoms with van der Waals surface area (Å²) in [5.74, 6) is 0.499. The van der Waals surface area contributed by atoms with Crippen molar-refractivity contribution in [2.24, 2.45) is 5.41 Å². The van der Waals surface area contributed by atoms with Crippen LogP contribution >= 0.6 is 0 Å². The van der Waals surface area contributed by atoms with Gasteiger partial charge in [-0.2, -0.15) is 0 Å². The quantitative estimate of drug-likeness (QED) is 0.143. The average Bonchev–Trinajstić information content (AvgIpc) is 3.71. The summed E-state index contributed by atoms with van der Waals surface area (Å²) in [5.41, 5.74) is 5.86. The molecule has 4 amide bonds. The molecule has 5 aliphatic rings. The number of aromatic nitrogens is 4. The van der Waals surface area contributed by atoms with Crippen molar-refractivity contribution in [3.05, 3.63) is 103 Å². The van der Waals surface area contributed by atoms with Gasteiger partial charge in [-0.1, -0.05) is 42.5 Å². The Bertz CT molecular complexity index is 2450. The standard InChI is InChI=1S/C48H54N10O5/c59-41-15-14-40(47(62)54-41)33-6-12-39(13-7-33)63-29-43(61)57-18-16-48(17-19-57)27-38(28-48)56-22-20-55(21-23-56)36-10-8-34(9-11-36)53-45-44-46(50-30-49-45)58(31-51-44)37-25-35(26-37)52-42(60)24-32-4-2-1-3-5-32/h1-13,30-31,35,37-38,40H,14-29H2,(H,52,60)(H,49,50,53)(H,54,59,62)/t35?,37?,40-/m0/s1. The van der Waals surface area contributed by atoms with Crippen LogP contribution in [0.2, 0.25) is 0 Å². The van der Waals surface area contributed by atoms with Crippen molar-refractivity contribution in [2.75, 3.05) is 56.1 Å². The van der Waals surface area contributed by atoms with E-state index >= 15 is 0 Å². The molecule has 10 rings (SSSR count). The van der Waals surface area contributed by atoms with Gasteiger partial charge in [-0.25, -0.2) is 15.0 Å². The molecule has 3 aliphatic heterocycles. The van der Waals surface area contributed by atoms with Gasteiger partial charge >= 0.3 is 0 Å². The SMILES string of the molecule is O=C1CC[C@@H](c2ccc(OCC(=O)N3CCC4(CC3)CC(N3CCN(c5ccc(Nc6ncnc7c6ncn7C6CC(NC(=O)Cc7ccccc7)C6)cc5)CC3)C4)cc2)C(=O)N1. The number of hydrogen-bond donors (Lipinski definition) is 3. The lowest BCUT2D eigenvalue weighted by atomic mass is 9.60. The highest BCUT2D eigenvalue weighted by atomic mass is 16.5. The number of hydrogen-bond acceptors (Lipinski definition) is 11. The number of carbonyl (C=O) groups is 4. The van der Waals surface area contributed by atoms with Gasteiger partial charge in [-0.05, 0) is 97.9 Å². The molecule has 2 aliphatic carbocycles. The second-order valence-electron chi connectivity index (χ2n) is 18.1. The summed E-state index contributed by atoms with van der Waals surface area (Å²) < 4.78 is 7.94. The van der Waals surface area contributed by atoms with Gasteiger partial charge in [0, 0.05) is 75.2 Å². The number of anilines is 3. The second kappa shape index (κ2) is 17.4. The largest absolute Gasteiger partial charge is 0.484 e. The van der Waals surface area contributed by atoms with Crippen LogP contribution in [0.5, 0.6) is 5.75 Å². The number of fused-ring (bicyclic) bond motifs is 1. The number of carbonyl (C=O) groups excluding carboxylic acids is 4. The molecule has 326 valence electrons. The number of benzene rings is 3. The van der Waals surface area contributed by atoms with E-state index in [4.69, 9.17) is 9.72 Å². The third kappa shape index (κ3) is 8.83. The minimum Gasteiger partial charge on any atom is -0.484 e. The summed E-state index contributed by atoms with van der Waals surface area (Å²) in [6.45, 7) is 5.60. The molecule has 15 heteroatoms. The zero-order valence-corrected chi connectivity index (χ0v) is 35.5. The van der Waals surface area contributed by atoms with Gasteiger partial charge in [0.25, 0.3) is 5.91 Å². The van der Waals surface area contributed by atoms with Crippen LogP contribution in [-0.2, 0) is 25.6 Å². The van der Waals surface area contributed by atoms with E-state index in [1.54, 1.807) is 18.5 Å². The topological polar surface area (TPSA) is 167 Å². The summed E-state index contributed by atoms with van der Waals surface area (Å²) >= 11 is 0. The van der Waals surface area contributed by atoms with Crippen LogP contribution in [0.4, 0.5) is 17.2 Å². The first-order valence-corrected chi connectivity index (χ1v) is 22.5. The Labute approximate surface area is 366 Å². The maximum Gasteiger partial charge on any atom is 0.260 e. The van der Waals surface area contributed by atoms with E-state index in [1.807, 2.05) is 53.7 Å². The van der Waals surface area contributed by atoms with Crippen LogP contribution in [0.25, 0.3) is 11.2 Å². The van der Waals surface area contributed by atoms with E-state index in [0.717, 1.165) is 92.9 Å². The zero-order chi connectivity index (χ0) is 42.9. The summed E-state index contributed by atoms with van der Waals surface area (Å²) in [5, 5.41) is 9.04. The molecule has 3 aromatic carbocycles. The van der Waals surface area contributed by atoms with Crippen molar-refractivity contribution in [1.29, 1.82) is 0 Å². The normalized spacial score (nSPS) is 22.6. The minimum absolute atomic E-state index is 0.00330. The molecule has 1 spiro atoms. The second-order valence-corrected chi connectivity index (χ2v) is 18.1. The van der Waals surface area contributed by atoms with Crippen LogP contribution in [0.15, 0.2) is 91.5 Å². The first-order chi connectivity index (χ1) is 30.7. The fraction of sp³-hybridized carbons (Fsp3) is 0.438. The van der Waals surface area contributed by atoms with E-state index in [2.05, 4.69) is 64.6 Å². The monoisotopic (exact) mass is 850 g/mol. The van der Waals surface area contributed by atoms with E-state index < -0.39 is 0 Å². The molecule has 5 aromatic rings. The number of ether oxygens (including phenoxy) is 1. The number of rotatable bonds is 12. The Kier molecular flexibility index (Phi) is 11.3. The molecule has 2 saturated carbocycles. The van der Waals surface area contributed by atoms with Gasteiger partial charge in [0.05, 0.1) is 18.7 Å². The molecule has 0 unspecified atom stereocenters. The van der Waals surface area contributed by atoms with Crippen LogP contribution in [0.1, 0.15) is 74.5 Å². The van der Waals surface area contributed by atoms with Gasteiger partial charge in [0.15, 0.2) is 23.6 Å². The molecule has 63 heavy (non-hydrogen) atoms. The Morgan fingerprint density at radius 3 is 2.30 bits per heavy atom. The van der Waals surface area contributed by atoms with Crippen LogP contribution in [-0.4, -0.2) is 111 Å².